The monoisotopic (exact) mass is 389 g/mol. The summed E-state index contributed by atoms with van der Waals surface area (Å²) in [5.74, 6) is -1.08. The van der Waals surface area contributed by atoms with E-state index in [1.807, 2.05) is 19.2 Å². The SMILES string of the molecule is CC(C)CNC(=O)C(=O)NCCc1csc2nc(-c3ccccc3F)nn12. The van der Waals surface area contributed by atoms with E-state index in [0.29, 0.717) is 29.3 Å². The summed E-state index contributed by atoms with van der Waals surface area (Å²) in [5, 5.41) is 11.4. The highest BCUT2D eigenvalue weighted by molar-refractivity contribution is 7.15. The number of rotatable bonds is 6. The van der Waals surface area contributed by atoms with Gasteiger partial charge in [-0.1, -0.05) is 26.0 Å². The minimum atomic E-state index is -0.659. The van der Waals surface area contributed by atoms with Gasteiger partial charge in [0.15, 0.2) is 5.82 Å². The first-order chi connectivity index (χ1) is 13.0. The summed E-state index contributed by atoms with van der Waals surface area (Å²) in [7, 11) is 0. The van der Waals surface area contributed by atoms with Gasteiger partial charge in [-0.15, -0.1) is 16.4 Å². The van der Waals surface area contributed by atoms with Crippen LogP contribution in [-0.2, 0) is 16.0 Å². The van der Waals surface area contributed by atoms with Crippen LogP contribution in [0.2, 0.25) is 0 Å². The van der Waals surface area contributed by atoms with Crippen molar-refractivity contribution in [1.29, 1.82) is 0 Å². The van der Waals surface area contributed by atoms with E-state index in [0.717, 1.165) is 5.69 Å². The Bertz CT molecular complexity index is 966. The van der Waals surface area contributed by atoms with Crippen LogP contribution in [0.3, 0.4) is 0 Å². The maximum absolute atomic E-state index is 13.9. The van der Waals surface area contributed by atoms with Gasteiger partial charge in [-0.3, -0.25) is 9.59 Å². The predicted molar refractivity (Wildman–Crippen MR) is 101 cm³/mol. The van der Waals surface area contributed by atoms with Crippen molar-refractivity contribution in [2.45, 2.75) is 20.3 Å². The number of aromatic nitrogens is 3. The summed E-state index contributed by atoms with van der Waals surface area (Å²) >= 11 is 1.39. The first-order valence-electron chi connectivity index (χ1n) is 8.59. The van der Waals surface area contributed by atoms with Gasteiger partial charge in [0.25, 0.3) is 0 Å². The number of nitrogens with one attached hydrogen (secondary N) is 2. The number of carbonyl (C=O) groups excluding carboxylic acids is 2. The Kier molecular flexibility index (Phi) is 5.80. The van der Waals surface area contributed by atoms with E-state index in [9.17, 15) is 14.0 Å². The van der Waals surface area contributed by atoms with Gasteiger partial charge in [-0.05, 0) is 18.1 Å². The van der Waals surface area contributed by atoms with Crippen molar-refractivity contribution in [2.75, 3.05) is 13.1 Å². The number of nitrogens with zero attached hydrogens (tertiary/aromatic N) is 3. The normalized spacial score (nSPS) is 11.1. The second kappa shape index (κ2) is 8.26. The van der Waals surface area contributed by atoms with Crippen molar-refractivity contribution >= 4 is 28.1 Å². The molecule has 0 atom stereocenters. The fourth-order valence-corrected chi connectivity index (χ4v) is 3.27. The van der Waals surface area contributed by atoms with Crippen LogP contribution in [0, 0.1) is 11.7 Å². The Balaban J connectivity index is 1.62. The molecule has 3 rings (SSSR count). The fraction of sp³-hybridized carbons (Fsp3) is 0.333. The highest BCUT2D eigenvalue weighted by atomic mass is 32.1. The number of benzene rings is 1. The van der Waals surface area contributed by atoms with Gasteiger partial charge in [-0.2, -0.15) is 4.98 Å². The summed E-state index contributed by atoms with van der Waals surface area (Å²) in [6.07, 6.45) is 0.475. The highest BCUT2D eigenvalue weighted by Crippen LogP contribution is 2.23. The first kappa shape index (κ1) is 19.0. The van der Waals surface area contributed by atoms with Gasteiger partial charge in [0, 0.05) is 24.9 Å². The molecule has 7 nitrogen and oxygen atoms in total. The van der Waals surface area contributed by atoms with Gasteiger partial charge in [0.2, 0.25) is 4.96 Å². The molecule has 0 saturated heterocycles. The first-order valence-corrected chi connectivity index (χ1v) is 9.47. The lowest BCUT2D eigenvalue weighted by Crippen LogP contribution is -2.41. The van der Waals surface area contributed by atoms with Crippen LogP contribution in [0.4, 0.5) is 4.39 Å². The maximum Gasteiger partial charge on any atom is 0.309 e. The summed E-state index contributed by atoms with van der Waals surface area (Å²) in [5.41, 5.74) is 1.17. The molecule has 9 heteroatoms. The second-order valence-electron chi connectivity index (χ2n) is 6.45. The lowest BCUT2D eigenvalue weighted by molar-refractivity contribution is -0.139. The topological polar surface area (TPSA) is 88.4 Å². The Morgan fingerprint density at radius 3 is 2.70 bits per heavy atom. The third-order valence-electron chi connectivity index (χ3n) is 3.81. The number of fused-ring (bicyclic) bond motifs is 1. The molecule has 0 unspecified atom stereocenters. The molecule has 0 bridgehead atoms. The summed E-state index contributed by atoms with van der Waals surface area (Å²) in [4.78, 5) is 28.4. The largest absolute Gasteiger partial charge is 0.348 e. The van der Waals surface area contributed by atoms with Gasteiger partial charge in [-0.25, -0.2) is 8.91 Å². The molecule has 0 fully saturated rings. The average Bonchev–Trinajstić information content (AvgIpc) is 3.21. The molecule has 0 radical (unpaired) electrons. The van der Waals surface area contributed by atoms with Gasteiger partial charge < -0.3 is 10.6 Å². The van der Waals surface area contributed by atoms with E-state index in [-0.39, 0.29) is 18.3 Å². The molecule has 2 heterocycles. The van der Waals surface area contributed by atoms with E-state index >= 15 is 0 Å². The van der Waals surface area contributed by atoms with Crippen molar-refractivity contribution in [3.05, 3.63) is 41.2 Å². The molecule has 2 N–H and O–H groups in total. The van der Waals surface area contributed by atoms with Crippen molar-refractivity contribution in [2.24, 2.45) is 5.92 Å². The van der Waals surface area contributed by atoms with Crippen LogP contribution in [0.1, 0.15) is 19.5 Å². The third kappa shape index (κ3) is 4.48. The molecule has 0 spiro atoms. The molecule has 0 saturated carbocycles. The molecular formula is C18H20FN5O2S. The lowest BCUT2D eigenvalue weighted by atomic mass is 10.2. The Morgan fingerprint density at radius 2 is 1.96 bits per heavy atom. The Labute approximate surface area is 159 Å². The van der Waals surface area contributed by atoms with Crippen molar-refractivity contribution in [3.63, 3.8) is 0 Å². The zero-order valence-corrected chi connectivity index (χ0v) is 15.8. The van der Waals surface area contributed by atoms with Crippen LogP contribution in [0.5, 0.6) is 0 Å². The second-order valence-corrected chi connectivity index (χ2v) is 7.28. The molecule has 0 aliphatic carbocycles. The smallest absolute Gasteiger partial charge is 0.309 e. The quantitative estimate of drug-likeness (QED) is 0.632. The van der Waals surface area contributed by atoms with Crippen molar-refractivity contribution in [1.82, 2.24) is 25.2 Å². The van der Waals surface area contributed by atoms with Crippen LogP contribution < -0.4 is 10.6 Å². The summed E-state index contributed by atoms with van der Waals surface area (Å²) < 4.78 is 15.6. The lowest BCUT2D eigenvalue weighted by Gasteiger charge is -2.07. The number of carbonyl (C=O) groups is 2. The average molecular weight is 389 g/mol. The van der Waals surface area contributed by atoms with Gasteiger partial charge in [0.1, 0.15) is 5.82 Å². The van der Waals surface area contributed by atoms with Gasteiger partial charge in [0.05, 0.1) is 11.3 Å². The molecular weight excluding hydrogens is 369 g/mol. The molecule has 2 amide bonds. The van der Waals surface area contributed by atoms with Gasteiger partial charge >= 0.3 is 11.8 Å². The van der Waals surface area contributed by atoms with E-state index in [2.05, 4.69) is 20.7 Å². The number of amides is 2. The molecule has 27 heavy (non-hydrogen) atoms. The highest BCUT2D eigenvalue weighted by Gasteiger charge is 2.16. The number of hydrogen-bond acceptors (Lipinski definition) is 5. The minimum Gasteiger partial charge on any atom is -0.348 e. The molecule has 142 valence electrons. The van der Waals surface area contributed by atoms with Crippen molar-refractivity contribution in [3.8, 4) is 11.4 Å². The van der Waals surface area contributed by atoms with Crippen LogP contribution in [0.25, 0.3) is 16.3 Å². The Morgan fingerprint density at radius 1 is 1.22 bits per heavy atom. The molecule has 0 aliphatic rings. The standard InChI is InChI=1S/C18H20FN5O2S/c1-11(2)9-21-17(26)16(25)20-8-7-12-10-27-18-22-15(23-24(12)18)13-5-3-4-6-14(13)19/h3-6,10-11H,7-9H2,1-2H3,(H,20,25)(H,21,26). The molecule has 2 aromatic heterocycles. The van der Waals surface area contributed by atoms with E-state index < -0.39 is 11.8 Å². The molecule has 0 aliphatic heterocycles. The Hall–Kier alpha value is -2.81. The van der Waals surface area contributed by atoms with Crippen LogP contribution >= 0.6 is 11.3 Å². The molecule has 3 aromatic rings. The van der Waals surface area contributed by atoms with E-state index in [1.165, 1.54) is 17.4 Å². The predicted octanol–water partition coefficient (Wildman–Crippen LogP) is 2.03. The third-order valence-corrected chi connectivity index (χ3v) is 4.67. The maximum atomic E-state index is 13.9. The number of hydrogen-bond donors (Lipinski definition) is 2. The van der Waals surface area contributed by atoms with Crippen LogP contribution in [0.15, 0.2) is 29.6 Å². The van der Waals surface area contributed by atoms with Crippen LogP contribution in [-0.4, -0.2) is 39.5 Å². The van der Waals surface area contributed by atoms with E-state index in [1.54, 1.807) is 22.7 Å². The zero-order chi connectivity index (χ0) is 19.4. The summed E-state index contributed by atoms with van der Waals surface area (Å²) in [6, 6.07) is 6.34. The summed E-state index contributed by atoms with van der Waals surface area (Å²) in [6.45, 7) is 4.64. The van der Waals surface area contributed by atoms with Crippen molar-refractivity contribution < 1.29 is 14.0 Å². The number of thiazole rings is 1. The minimum absolute atomic E-state index is 0.275. The fourth-order valence-electron chi connectivity index (χ4n) is 2.41. The zero-order valence-electron chi connectivity index (χ0n) is 15.0. The number of halogens is 1. The molecule has 1 aromatic carbocycles. The van der Waals surface area contributed by atoms with E-state index in [4.69, 9.17) is 0 Å².